The van der Waals surface area contributed by atoms with Crippen LogP contribution >= 0.6 is 0 Å². The topological polar surface area (TPSA) is 81.5 Å². The Hall–Kier alpha value is -4.26. The van der Waals surface area contributed by atoms with Gasteiger partial charge in [-0.2, -0.15) is 0 Å². The molecule has 1 N–H and O–H groups in total. The van der Waals surface area contributed by atoms with Gasteiger partial charge in [0, 0.05) is 34.4 Å². The quantitative estimate of drug-likeness (QED) is 0.280. The fraction of sp³-hybridized carbons (Fsp3) is 0.303. The lowest BCUT2D eigenvalue weighted by Gasteiger charge is -2.19. The number of hydrogen-bond donors (Lipinski definition) is 1. The fourth-order valence-electron chi connectivity index (χ4n) is 6.30. The van der Waals surface area contributed by atoms with E-state index in [0.29, 0.717) is 36.5 Å². The molecule has 2 heterocycles. The van der Waals surface area contributed by atoms with Crippen LogP contribution in [-0.2, 0) is 11.2 Å². The Bertz CT molecular complexity index is 1620. The highest BCUT2D eigenvalue weighted by Crippen LogP contribution is 2.45. The first-order valence-corrected chi connectivity index (χ1v) is 13.6. The zero-order valence-corrected chi connectivity index (χ0v) is 23.0. The lowest BCUT2D eigenvalue weighted by Crippen LogP contribution is -2.07. The molecule has 40 heavy (non-hydrogen) atoms. The molecule has 1 unspecified atom stereocenters. The van der Waals surface area contributed by atoms with E-state index in [2.05, 4.69) is 35.9 Å². The zero-order valence-electron chi connectivity index (χ0n) is 23.0. The van der Waals surface area contributed by atoms with Crippen molar-refractivity contribution in [2.24, 2.45) is 0 Å². The molecule has 2 atom stereocenters. The molecule has 2 aliphatic rings. The number of rotatable bonds is 6. The van der Waals surface area contributed by atoms with Crippen LogP contribution in [0.1, 0.15) is 64.2 Å². The van der Waals surface area contributed by atoms with Crippen LogP contribution in [0, 0.1) is 33.5 Å². The first kappa shape index (κ1) is 26.0. The number of halogens is 1. The predicted molar refractivity (Wildman–Crippen MR) is 150 cm³/mol. The summed E-state index contributed by atoms with van der Waals surface area (Å²) in [5.41, 5.74) is 9.68. The molecule has 0 amide bonds. The van der Waals surface area contributed by atoms with Gasteiger partial charge in [-0.1, -0.05) is 12.1 Å². The maximum atomic E-state index is 15.3. The standard InChI is InChI=1S/C33H31FN2O4/c1-17-11-21(28-13-19(3)35-20(4)36-28)12-18(2)32(17)25-7-9-27(34)33-26(25)8-10-29(33)40-23-5-6-24-22(14-31(37)38)16-39-30(24)15-23/h5-7,9,11-13,15,22,29H,8,10,14,16H2,1-4H3,(H,37,38)/t22?,29-/m1/s1. The maximum absolute atomic E-state index is 15.3. The molecular weight excluding hydrogens is 507 g/mol. The van der Waals surface area contributed by atoms with Crippen molar-refractivity contribution in [3.05, 3.63) is 93.7 Å². The third-order valence-electron chi connectivity index (χ3n) is 7.91. The first-order valence-electron chi connectivity index (χ1n) is 13.6. The molecule has 0 fully saturated rings. The van der Waals surface area contributed by atoms with Gasteiger partial charge in [0.15, 0.2) is 0 Å². The number of benzene rings is 3. The van der Waals surface area contributed by atoms with Gasteiger partial charge >= 0.3 is 5.97 Å². The highest BCUT2D eigenvalue weighted by atomic mass is 19.1. The number of carbonyl (C=O) groups is 1. The highest BCUT2D eigenvalue weighted by Gasteiger charge is 2.32. The normalized spacial score (nSPS) is 17.3. The largest absolute Gasteiger partial charge is 0.492 e. The van der Waals surface area contributed by atoms with E-state index in [-0.39, 0.29) is 18.2 Å². The monoisotopic (exact) mass is 538 g/mol. The lowest BCUT2D eigenvalue weighted by atomic mass is 9.88. The molecule has 0 bridgehead atoms. The molecule has 0 saturated carbocycles. The van der Waals surface area contributed by atoms with Crippen LogP contribution in [0.15, 0.2) is 48.5 Å². The van der Waals surface area contributed by atoms with Crippen LogP contribution in [0.2, 0.25) is 0 Å². The third kappa shape index (κ3) is 4.70. The van der Waals surface area contributed by atoms with Gasteiger partial charge in [0.25, 0.3) is 0 Å². The maximum Gasteiger partial charge on any atom is 0.304 e. The van der Waals surface area contributed by atoms with Gasteiger partial charge in [0.2, 0.25) is 0 Å². The number of carboxylic acid groups (broad SMARTS) is 1. The minimum atomic E-state index is -0.852. The Morgan fingerprint density at radius 1 is 1.05 bits per heavy atom. The van der Waals surface area contributed by atoms with Crippen LogP contribution in [0.5, 0.6) is 11.5 Å². The summed E-state index contributed by atoms with van der Waals surface area (Å²) in [5, 5.41) is 9.17. The number of carboxylic acids is 1. The lowest BCUT2D eigenvalue weighted by molar-refractivity contribution is -0.137. The smallest absolute Gasteiger partial charge is 0.304 e. The molecule has 7 heteroatoms. The van der Waals surface area contributed by atoms with Gasteiger partial charge in [-0.3, -0.25) is 4.79 Å². The van der Waals surface area contributed by atoms with Crippen molar-refractivity contribution < 1.29 is 23.8 Å². The number of fused-ring (bicyclic) bond motifs is 2. The number of aliphatic carboxylic acids is 1. The number of hydrogen-bond acceptors (Lipinski definition) is 5. The van der Waals surface area contributed by atoms with Crippen molar-refractivity contribution in [3.8, 4) is 33.9 Å². The molecule has 6 rings (SSSR count). The molecule has 6 nitrogen and oxygen atoms in total. The number of aromatic nitrogens is 2. The molecule has 204 valence electrons. The van der Waals surface area contributed by atoms with E-state index >= 15 is 4.39 Å². The Morgan fingerprint density at radius 2 is 1.82 bits per heavy atom. The van der Waals surface area contributed by atoms with Crippen LogP contribution in [0.3, 0.4) is 0 Å². The average molecular weight is 539 g/mol. The van der Waals surface area contributed by atoms with Gasteiger partial charge < -0.3 is 14.6 Å². The first-order chi connectivity index (χ1) is 19.2. The van der Waals surface area contributed by atoms with Crippen LogP contribution < -0.4 is 9.47 Å². The predicted octanol–water partition coefficient (Wildman–Crippen LogP) is 7.20. The number of nitrogens with zero attached hydrogens (tertiary/aromatic N) is 2. The average Bonchev–Trinajstić information content (AvgIpc) is 3.48. The third-order valence-corrected chi connectivity index (χ3v) is 7.91. The van der Waals surface area contributed by atoms with E-state index in [1.165, 1.54) is 0 Å². The van der Waals surface area contributed by atoms with Crippen molar-refractivity contribution in [2.45, 2.75) is 59.0 Å². The van der Waals surface area contributed by atoms with Gasteiger partial charge in [-0.05, 0) is 98.7 Å². The van der Waals surface area contributed by atoms with Gasteiger partial charge in [-0.25, -0.2) is 14.4 Å². The minimum Gasteiger partial charge on any atom is -0.492 e. The van der Waals surface area contributed by atoms with Crippen LogP contribution in [-0.4, -0.2) is 27.7 Å². The SMILES string of the molecule is Cc1cc(-c2cc(C)c(-c3ccc(F)c4c3CC[C@H]4Oc3ccc4c(c3)OCC4CC(=O)O)c(C)c2)nc(C)n1. The van der Waals surface area contributed by atoms with Crippen molar-refractivity contribution in [1.29, 1.82) is 0 Å². The van der Waals surface area contributed by atoms with Gasteiger partial charge in [0.05, 0.1) is 18.7 Å². The molecule has 3 aromatic carbocycles. The minimum absolute atomic E-state index is 0.0232. The second kappa shape index (κ2) is 10.0. The highest BCUT2D eigenvalue weighted by molar-refractivity contribution is 5.79. The number of ether oxygens (including phenoxy) is 2. The van der Waals surface area contributed by atoms with E-state index in [1.807, 2.05) is 38.1 Å². The molecular formula is C33H31FN2O4. The second-order valence-electron chi connectivity index (χ2n) is 10.9. The van der Waals surface area contributed by atoms with Gasteiger partial charge in [0.1, 0.15) is 29.2 Å². The summed E-state index contributed by atoms with van der Waals surface area (Å²) in [6, 6.07) is 15.2. The molecule has 1 aromatic heterocycles. The molecule has 1 aliphatic heterocycles. The molecule has 1 aliphatic carbocycles. The molecule has 0 saturated heterocycles. The van der Waals surface area contributed by atoms with Gasteiger partial charge in [-0.15, -0.1) is 0 Å². The zero-order chi connectivity index (χ0) is 28.1. The summed E-state index contributed by atoms with van der Waals surface area (Å²) in [5.74, 6) is 0.677. The van der Waals surface area contributed by atoms with Crippen LogP contribution in [0.25, 0.3) is 22.4 Å². The van der Waals surface area contributed by atoms with Crippen molar-refractivity contribution in [3.63, 3.8) is 0 Å². The molecule has 4 aromatic rings. The van der Waals surface area contributed by atoms with Crippen molar-refractivity contribution in [1.82, 2.24) is 9.97 Å². The van der Waals surface area contributed by atoms with Crippen molar-refractivity contribution in [2.75, 3.05) is 6.61 Å². The van der Waals surface area contributed by atoms with E-state index in [1.54, 1.807) is 12.1 Å². The van der Waals surface area contributed by atoms with E-state index < -0.39 is 12.1 Å². The molecule has 0 radical (unpaired) electrons. The summed E-state index contributed by atoms with van der Waals surface area (Å²) in [6.45, 7) is 8.39. The number of aryl methyl sites for hydroxylation is 4. The Balaban J connectivity index is 1.31. The van der Waals surface area contributed by atoms with Crippen LogP contribution in [0.4, 0.5) is 4.39 Å². The Labute approximate surface area is 232 Å². The van der Waals surface area contributed by atoms with E-state index in [0.717, 1.165) is 56.2 Å². The molecule has 0 spiro atoms. The summed E-state index contributed by atoms with van der Waals surface area (Å²) in [7, 11) is 0. The van der Waals surface area contributed by atoms with E-state index in [4.69, 9.17) is 14.6 Å². The Morgan fingerprint density at radius 3 is 2.55 bits per heavy atom. The fourth-order valence-corrected chi connectivity index (χ4v) is 6.30. The van der Waals surface area contributed by atoms with Crippen molar-refractivity contribution >= 4 is 5.97 Å². The Kier molecular flexibility index (Phi) is 6.53. The summed E-state index contributed by atoms with van der Waals surface area (Å²) in [4.78, 5) is 20.2. The summed E-state index contributed by atoms with van der Waals surface area (Å²) in [6.07, 6.45) is 0.977. The second-order valence-corrected chi connectivity index (χ2v) is 10.9. The van der Waals surface area contributed by atoms with E-state index in [9.17, 15) is 4.79 Å². The summed E-state index contributed by atoms with van der Waals surface area (Å²) < 4.78 is 27.4. The summed E-state index contributed by atoms with van der Waals surface area (Å²) >= 11 is 0.